The second-order valence-electron chi connectivity index (χ2n) is 3.42. The summed E-state index contributed by atoms with van der Waals surface area (Å²) < 4.78 is 0. The molecule has 0 saturated carbocycles. The van der Waals surface area contributed by atoms with Crippen LogP contribution in [-0.2, 0) is 0 Å². The number of hydrogen-bond acceptors (Lipinski definition) is 5. The molecule has 15 heavy (non-hydrogen) atoms. The summed E-state index contributed by atoms with van der Waals surface area (Å²) in [4.78, 5) is 10.4. The van der Waals surface area contributed by atoms with Crippen LogP contribution in [0.25, 0.3) is 0 Å². The molecule has 1 aliphatic rings. The normalized spacial score (nSPS) is 21.0. The maximum atomic E-state index is 9.43. The molecule has 0 spiro atoms. The fourth-order valence-electron chi connectivity index (χ4n) is 1.59. The van der Waals surface area contributed by atoms with E-state index in [-0.39, 0.29) is 6.10 Å². The number of aliphatic hydroxyl groups excluding tert-OH is 1. The first-order valence-corrected chi connectivity index (χ1v) is 6.31. The lowest BCUT2D eigenvalue weighted by Crippen LogP contribution is -2.22. The van der Waals surface area contributed by atoms with Crippen molar-refractivity contribution in [2.45, 2.75) is 17.7 Å². The third-order valence-corrected chi connectivity index (χ3v) is 3.07. The van der Waals surface area contributed by atoms with Gasteiger partial charge in [-0.3, -0.25) is 0 Å². The van der Waals surface area contributed by atoms with Gasteiger partial charge >= 0.3 is 0 Å². The van der Waals surface area contributed by atoms with Crippen LogP contribution < -0.4 is 4.90 Å². The first kappa shape index (κ1) is 11.0. The molecule has 2 rings (SSSR count). The van der Waals surface area contributed by atoms with Crippen LogP contribution in [0.5, 0.6) is 0 Å². The summed E-state index contributed by atoms with van der Waals surface area (Å²) in [5, 5.41) is 10.5. The van der Waals surface area contributed by atoms with Gasteiger partial charge in [-0.15, -0.1) is 0 Å². The maximum absolute atomic E-state index is 9.43. The van der Waals surface area contributed by atoms with E-state index in [1.54, 1.807) is 6.07 Å². The molecule has 1 unspecified atom stereocenters. The largest absolute Gasteiger partial charge is 0.391 e. The molecule has 6 heteroatoms. The number of β-amino-alcohol motifs (C(OH)–C–C–N with tert-alkyl or cyclic N) is 1. The lowest BCUT2D eigenvalue weighted by Gasteiger charge is -2.16. The third-order valence-electron chi connectivity index (χ3n) is 2.33. The topological polar surface area (TPSA) is 49.2 Å². The Balaban J connectivity index is 2.24. The van der Waals surface area contributed by atoms with E-state index in [9.17, 15) is 5.11 Å². The van der Waals surface area contributed by atoms with Gasteiger partial charge in [0.15, 0.2) is 5.16 Å². The molecule has 1 fully saturated rings. The number of rotatable bonds is 2. The van der Waals surface area contributed by atoms with Crippen molar-refractivity contribution in [3.05, 3.63) is 11.2 Å². The van der Waals surface area contributed by atoms with Gasteiger partial charge in [-0.05, 0) is 12.7 Å². The molecule has 82 valence electrons. The first-order valence-electron chi connectivity index (χ1n) is 4.70. The summed E-state index contributed by atoms with van der Waals surface area (Å²) in [6.07, 6.45) is 2.45. The number of anilines is 1. The van der Waals surface area contributed by atoms with E-state index in [0.717, 1.165) is 18.8 Å². The maximum Gasteiger partial charge on any atom is 0.190 e. The van der Waals surface area contributed by atoms with Crippen molar-refractivity contribution in [2.24, 2.45) is 0 Å². The fourth-order valence-corrected chi connectivity index (χ4v) is 2.19. The molecule has 2 heterocycles. The van der Waals surface area contributed by atoms with E-state index >= 15 is 0 Å². The van der Waals surface area contributed by atoms with E-state index in [4.69, 9.17) is 11.6 Å². The van der Waals surface area contributed by atoms with E-state index < -0.39 is 0 Å². The molecule has 0 bridgehead atoms. The van der Waals surface area contributed by atoms with E-state index in [2.05, 4.69) is 9.97 Å². The summed E-state index contributed by atoms with van der Waals surface area (Å²) in [5.41, 5.74) is 0. The van der Waals surface area contributed by atoms with Crippen molar-refractivity contribution in [1.82, 2.24) is 9.97 Å². The number of halogens is 1. The van der Waals surface area contributed by atoms with Crippen LogP contribution in [0.4, 0.5) is 5.82 Å². The predicted molar refractivity (Wildman–Crippen MR) is 61.7 cm³/mol. The van der Waals surface area contributed by atoms with E-state index in [1.165, 1.54) is 11.8 Å². The van der Waals surface area contributed by atoms with Crippen LogP contribution in [-0.4, -0.2) is 40.5 Å². The Kier molecular flexibility index (Phi) is 3.33. The Labute approximate surface area is 97.7 Å². The second kappa shape index (κ2) is 4.55. The molecule has 1 N–H and O–H groups in total. The standard InChI is InChI=1S/C9H12ClN3OS/c1-15-9-11-7(10)4-8(12-9)13-3-2-6(14)5-13/h4,6,14H,2-3,5H2,1H3. The highest BCUT2D eigenvalue weighted by Crippen LogP contribution is 2.23. The molecular formula is C9H12ClN3OS. The lowest BCUT2D eigenvalue weighted by molar-refractivity contribution is 0.198. The van der Waals surface area contributed by atoms with Gasteiger partial charge in [-0.1, -0.05) is 23.4 Å². The minimum Gasteiger partial charge on any atom is -0.391 e. The number of thioether (sulfide) groups is 1. The first-order chi connectivity index (χ1) is 7.19. The van der Waals surface area contributed by atoms with Crippen LogP contribution in [0.1, 0.15) is 6.42 Å². The van der Waals surface area contributed by atoms with Gasteiger partial charge in [0.2, 0.25) is 0 Å². The van der Waals surface area contributed by atoms with Crippen LogP contribution >= 0.6 is 23.4 Å². The van der Waals surface area contributed by atoms with Gasteiger partial charge in [0, 0.05) is 19.2 Å². The fraction of sp³-hybridized carbons (Fsp3) is 0.556. The summed E-state index contributed by atoms with van der Waals surface area (Å²) in [6.45, 7) is 1.45. The predicted octanol–water partition coefficient (Wildman–Crippen LogP) is 1.42. The van der Waals surface area contributed by atoms with Crippen LogP contribution in [0.3, 0.4) is 0 Å². The summed E-state index contributed by atoms with van der Waals surface area (Å²) in [5.74, 6) is 0.802. The minimum atomic E-state index is -0.253. The Morgan fingerprint density at radius 1 is 1.60 bits per heavy atom. The van der Waals surface area contributed by atoms with Crippen LogP contribution in [0, 0.1) is 0 Å². The Bertz CT molecular complexity index is 363. The Hall–Kier alpha value is -0.520. The molecule has 0 aromatic carbocycles. The number of aliphatic hydroxyl groups is 1. The van der Waals surface area contributed by atoms with Gasteiger partial charge < -0.3 is 10.0 Å². The molecule has 1 atom stereocenters. The highest BCUT2D eigenvalue weighted by atomic mass is 35.5. The van der Waals surface area contributed by atoms with Crippen LogP contribution in [0.15, 0.2) is 11.2 Å². The zero-order valence-corrected chi connectivity index (χ0v) is 9.92. The second-order valence-corrected chi connectivity index (χ2v) is 4.58. The number of aromatic nitrogens is 2. The van der Waals surface area contributed by atoms with Gasteiger partial charge in [0.05, 0.1) is 6.10 Å². The third kappa shape index (κ3) is 2.53. The van der Waals surface area contributed by atoms with E-state index in [0.29, 0.717) is 16.9 Å². The SMILES string of the molecule is CSc1nc(Cl)cc(N2CCC(O)C2)n1. The lowest BCUT2D eigenvalue weighted by atomic mass is 10.3. The average molecular weight is 246 g/mol. The van der Waals surface area contributed by atoms with Crippen molar-refractivity contribution in [2.75, 3.05) is 24.2 Å². The Morgan fingerprint density at radius 2 is 2.40 bits per heavy atom. The quantitative estimate of drug-likeness (QED) is 0.485. The van der Waals surface area contributed by atoms with Crippen molar-refractivity contribution in [1.29, 1.82) is 0 Å². The Morgan fingerprint density at radius 3 is 3.00 bits per heavy atom. The molecular weight excluding hydrogens is 234 g/mol. The van der Waals surface area contributed by atoms with Gasteiger partial charge in [-0.25, -0.2) is 9.97 Å². The van der Waals surface area contributed by atoms with Crippen molar-refractivity contribution >= 4 is 29.2 Å². The molecule has 1 aliphatic heterocycles. The average Bonchev–Trinajstić information content (AvgIpc) is 2.64. The van der Waals surface area contributed by atoms with Gasteiger partial charge in [0.25, 0.3) is 0 Å². The van der Waals surface area contributed by atoms with Gasteiger partial charge in [-0.2, -0.15) is 0 Å². The molecule has 0 aliphatic carbocycles. The molecule has 1 saturated heterocycles. The minimum absolute atomic E-state index is 0.253. The summed E-state index contributed by atoms with van der Waals surface area (Å²) in [6, 6.07) is 1.74. The smallest absolute Gasteiger partial charge is 0.190 e. The van der Waals surface area contributed by atoms with E-state index in [1.807, 2.05) is 11.2 Å². The summed E-state index contributed by atoms with van der Waals surface area (Å²) >= 11 is 7.35. The highest BCUT2D eigenvalue weighted by molar-refractivity contribution is 7.98. The molecule has 1 aromatic heterocycles. The van der Waals surface area contributed by atoms with Crippen molar-refractivity contribution < 1.29 is 5.11 Å². The van der Waals surface area contributed by atoms with Gasteiger partial charge in [0.1, 0.15) is 11.0 Å². The molecule has 0 amide bonds. The zero-order chi connectivity index (χ0) is 10.8. The molecule has 4 nitrogen and oxygen atoms in total. The molecule has 0 radical (unpaired) electrons. The molecule has 1 aromatic rings. The van der Waals surface area contributed by atoms with Crippen molar-refractivity contribution in [3.63, 3.8) is 0 Å². The number of nitrogens with zero attached hydrogens (tertiary/aromatic N) is 3. The van der Waals surface area contributed by atoms with Crippen molar-refractivity contribution in [3.8, 4) is 0 Å². The van der Waals surface area contributed by atoms with Crippen LogP contribution in [0.2, 0.25) is 5.15 Å². The highest BCUT2D eigenvalue weighted by Gasteiger charge is 2.22. The monoisotopic (exact) mass is 245 g/mol. The number of hydrogen-bond donors (Lipinski definition) is 1. The summed E-state index contributed by atoms with van der Waals surface area (Å²) in [7, 11) is 0. The zero-order valence-electron chi connectivity index (χ0n) is 8.35.